The SMILES string of the molecule is CC1CCC(C2(C#N)CCC2)CC1C. The van der Waals surface area contributed by atoms with Crippen LogP contribution in [0, 0.1) is 34.5 Å². The van der Waals surface area contributed by atoms with E-state index in [0.29, 0.717) is 5.92 Å². The maximum atomic E-state index is 9.29. The van der Waals surface area contributed by atoms with E-state index in [9.17, 15) is 5.26 Å². The number of hydrogen-bond acceptors (Lipinski definition) is 1. The second-order valence-corrected chi connectivity index (χ2v) is 5.59. The van der Waals surface area contributed by atoms with E-state index >= 15 is 0 Å². The molecule has 0 aromatic heterocycles. The molecular formula is C13H21N. The molecule has 3 unspecified atom stereocenters. The van der Waals surface area contributed by atoms with Gasteiger partial charge in [-0.2, -0.15) is 5.26 Å². The molecule has 0 aromatic rings. The lowest BCUT2D eigenvalue weighted by atomic mass is 9.56. The van der Waals surface area contributed by atoms with Gasteiger partial charge in [-0.3, -0.25) is 0 Å². The quantitative estimate of drug-likeness (QED) is 0.619. The van der Waals surface area contributed by atoms with Crippen molar-refractivity contribution < 1.29 is 0 Å². The molecule has 0 bridgehead atoms. The molecule has 3 atom stereocenters. The first kappa shape index (κ1) is 10.0. The molecule has 1 nitrogen and oxygen atoms in total. The van der Waals surface area contributed by atoms with Crippen molar-refractivity contribution in [2.24, 2.45) is 23.2 Å². The fourth-order valence-electron chi connectivity index (χ4n) is 3.22. The van der Waals surface area contributed by atoms with Gasteiger partial charge in [0.05, 0.1) is 11.5 Å². The van der Waals surface area contributed by atoms with Crippen molar-refractivity contribution in [3.63, 3.8) is 0 Å². The van der Waals surface area contributed by atoms with Crippen LogP contribution >= 0.6 is 0 Å². The molecule has 2 rings (SSSR count). The van der Waals surface area contributed by atoms with Gasteiger partial charge in [0, 0.05) is 0 Å². The smallest absolute Gasteiger partial charge is 0.0692 e. The summed E-state index contributed by atoms with van der Waals surface area (Å²) in [5, 5.41) is 9.29. The lowest BCUT2D eigenvalue weighted by Crippen LogP contribution is -2.39. The Balaban J connectivity index is 2.02. The fourth-order valence-corrected chi connectivity index (χ4v) is 3.22. The van der Waals surface area contributed by atoms with E-state index in [1.165, 1.54) is 38.5 Å². The predicted molar refractivity (Wildman–Crippen MR) is 57.6 cm³/mol. The first-order chi connectivity index (χ1) is 6.68. The second-order valence-electron chi connectivity index (χ2n) is 5.59. The Morgan fingerprint density at radius 2 is 1.86 bits per heavy atom. The Kier molecular flexibility index (Phi) is 2.56. The number of rotatable bonds is 1. The van der Waals surface area contributed by atoms with Crippen molar-refractivity contribution in [3.05, 3.63) is 0 Å². The van der Waals surface area contributed by atoms with Crippen molar-refractivity contribution in [1.82, 2.24) is 0 Å². The summed E-state index contributed by atoms with van der Waals surface area (Å²) in [6, 6.07) is 2.62. The minimum atomic E-state index is 0.106. The van der Waals surface area contributed by atoms with Crippen LogP contribution < -0.4 is 0 Å². The summed E-state index contributed by atoms with van der Waals surface area (Å²) >= 11 is 0. The Morgan fingerprint density at radius 1 is 1.14 bits per heavy atom. The van der Waals surface area contributed by atoms with Crippen LogP contribution in [0.2, 0.25) is 0 Å². The van der Waals surface area contributed by atoms with Gasteiger partial charge in [0.2, 0.25) is 0 Å². The van der Waals surface area contributed by atoms with Crippen molar-refractivity contribution in [2.75, 3.05) is 0 Å². The van der Waals surface area contributed by atoms with E-state index in [4.69, 9.17) is 0 Å². The summed E-state index contributed by atoms with van der Waals surface area (Å²) in [4.78, 5) is 0. The third kappa shape index (κ3) is 1.45. The minimum absolute atomic E-state index is 0.106. The van der Waals surface area contributed by atoms with Crippen LogP contribution in [0.25, 0.3) is 0 Å². The summed E-state index contributed by atoms with van der Waals surface area (Å²) in [7, 11) is 0. The molecule has 2 fully saturated rings. The zero-order chi connectivity index (χ0) is 10.2. The summed E-state index contributed by atoms with van der Waals surface area (Å²) < 4.78 is 0. The topological polar surface area (TPSA) is 23.8 Å². The highest BCUT2D eigenvalue weighted by atomic mass is 14.5. The largest absolute Gasteiger partial charge is 0.198 e. The fraction of sp³-hybridized carbons (Fsp3) is 0.923. The lowest BCUT2D eigenvalue weighted by Gasteiger charge is -2.46. The first-order valence-corrected chi connectivity index (χ1v) is 6.09. The minimum Gasteiger partial charge on any atom is -0.198 e. The predicted octanol–water partition coefficient (Wildman–Crippen LogP) is 3.75. The second kappa shape index (κ2) is 3.57. The van der Waals surface area contributed by atoms with Crippen LogP contribution in [0.15, 0.2) is 0 Å². The Morgan fingerprint density at radius 3 is 2.29 bits per heavy atom. The standard InChI is InChI=1S/C13H21N/c1-10-4-5-12(8-11(10)2)13(9-14)6-3-7-13/h10-12H,3-8H2,1-2H3. The lowest BCUT2D eigenvalue weighted by molar-refractivity contribution is 0.0522. The molecule has 2 aliphatic rings. The van der Waals surface area contributed by atoms with Gasteiger partial charge in [0.25, 0.3) is 0 Å². The molecule has 0 aliphatic heterocycles. The van der Waals surface area contributed by atoms with Crippen LogP contribution in [0.4, 0.5) is 0 Å². The van der Waals surface area contributed by atoms with Crippen LogP contribution in [-0.4, -0.2) is 0 Å². The number of nitrogens with zero attached hydrogens (tertiary/aromatic N) is 1. The van der Waals surface area contributed by atoms with Crippen LogP contribution in [0.5, 0.6) is 0 Å². The van der Waals surface area contributed by atoms with Gasteiger partial charge in [0.1, 0.15) is 0 Å². The zero-order valence-corrected chi connectivity index (χ0v) is 9.42. The van der Waals surface area contributed by atoms with E-state index in [0.717, 1.165) is 11.8 Å². The molecule has 0 amide bonds. The molecule has 2 aliphatic carbocycles. The van der Waals surface area contributed by atoms with Gasteiger partial charge < -0.3 is 0 Å². The van der Waals surface area contributed by atoms with Gasteiger partial charge in [0.15, 0.2) is 0 Å². The van der Waals surface area contributed by atoms with Crippen LogP contribution in [-0.2, 0) is 0 Å². The molecular weight excluding hydrogens is 170 g/mol. The monoisotopic (exact) mass is 191 g/mol. The van der Waals surface area contributed by atoms with Crippen molar-refractivity contribution in [3.8, 4) is 6.07 Å². The molecule has 0 radical (unpaired) electrons. The van der Waals surface area contributed by atoms with E-state index < -0.39 is 0 Å². The molecule has 78 valence electrons. The average molecular weight is 191 g/mol. The summed E-state index contributed by atoms with van der Waals surface area (Å²) in [5.74, 6) is 2.43. The van der Waals surface area contributed by atoms with Crippen molar-refractivity contribution >= 4 is 0 Å². The molecule has 2 saturated carbocycles. The molecule has 0 heterocycles. The van der Waals surface area contributed by atoms with Gasteiger partial charge >= 0.3 is 0 Å². The highest BCUT2D eigenvalue weighted by Crippen LogP contribution is 2.53. The Hall–Kier alpha value is -0.510. The van der Waals surface area contributed by atoms with E-state index in [2.05, 4.69) is 19.9 Å². The normalized spacial score (nSPS) is 41.1. The van der Waals surface area contributed by atoms with Crippen molar-refractivity contribution in [1.29, 1.82) is 5.26 Å². The summed E-state index contributed by atoms with van der Waals surface area (Å²) in [6.45, 7) is 4.72. The molecule has 0 N–H and O–H groups in total. The Labute approximate surface area is 87.5 Å². The van der Waals surface area contributed by atoms with Gasteiger partial charge in [-0.1, -0.05) is 26.7 Å². The number of nitriles is 1. The highest BCUT2D eigenvalue weighted by Gasteiger charge is 2.46. The molecule has 14 heavy (non-hydrogen) atoms. The molecule has 0 aromatic carbocycles. The number of hydrogen-bond donors (Lipinski definition) is 0. The molecule has 1 heteroatoms. The van der Waals surface area contributed by atoms with E-state index in [-0.39, 0.29) is 5.41 Å². The van der Waals surface area contributed by atoms with E-state index in [1.807, 2.05) is 0 Å². The molecule has 0 spiro atoms. The molecule has 0 saturated heterocycles. The van der Waals surface area contributed by atoms with Gasteiger partial charge in [-0.05, 0) is 43.4 Å². The summed E-state index contributed by atoms with van der Waals surface area (Å²) in [5.41, 5.74) is 0.106. The Bertz CT molecular complexity index is 246. The maximum Gasteiger partial charge on any atom is 0.0692 e. The summed E-state index contributed by atoms with van der Waals surface area (Å²) in [6.07, 6.45) is 7.58. The van der Waals surface area contributed by atoms with Crippen LogP contribution in [0.3, 0.4) is 0 Å². The third-order valence-corrected chi connectivity index (χ3v) is 4.85. The van der Waals surface area contributed by atoms with Crippen molar-refractivity contribution in [2.45, 2.75) is 52.4 Å². The van der Waals surface area contributed by atoms with Gasteiger partial charge in [-0.15, -0.1) is 0 Å². The third-order valence-electron chi connectivity index (χ3n) is 4.85. The first-order valence-electron chi connectivity index (χ1n) is 6.09. The highest BCUT2D eigenvalue weighted by molar-refractivity contribution is 5.09. The van der Waals surface area contributed by atoms with E-state index in [1.54, 1.807) is 0 Å². The average Bonchev–Trinajstić information content (AvgIpc) is 2.10. The van der Waals surface area contributed by atoms with Crippen LogP contribution in [0.1, 0.15) is 52.4 Å². The zero-order valence-electron chi connectivity index (χ0n) is 9.42. The maximum absolute atomic E-state index is 9.29. The van der Waals surface area contributed by atoms with Gasteiger partial charge in [-0.25, -0.2) is 0 Å².